The van der Waals surface area contributed by atoms with E-state index in [0.717, 1.165) is 35.6 Å². The molecule has 2 aromatic heterocycles. The van der Waals surface area contributed by atoms with E-state index in [2.05, 4.69) is 10.4 Å². The summed E-state index contributed by atoms with van der Waals surface area (Å²) in [6, 6.07) is 3.83. The van der Waals surface area contributed by atoms with Crippen molar-refractivity contribution < 1.29 is 13.9 Å². The minimum absolute atomic E-state index is 0.0111. The van der Waals surface area contributed by atoms with Crippen molar-refractivity contribution in [3.63, 3.8) is 0 Å². The maximum absolute atomic E-state index is 12.6. The summed E-state index contributed by atoms with van der Waals surface area (Å²) in [5.74, 6) is 1.26. The van der Waals surface area contributed by atoms with E-state index in [1.807, 2.05) is 37.7 Å². The molecule has 0 spiro atoms. The van der Waals surface area contributed by atoms with Gasteiger partial charge >= 0.3 is 0 Å². The standard InChI is InChI=1S/C18H23N3O3/c1-10-16(11(2)21(3)20-10)17-14(6-8-24-17)19-18(22)13-9-12(13)15-5-4-7-23-15/h4-5,7,12-14,17H,6,8-9H2,1-3H3,(H,19,22)/t12?,13?,14-,17-/m0/s1. The molecule has 0 aromatic carbocycles. The fraction of sp³-hybridized carbons (Fsp3) is 0.556. The van der Waals surface area contributed by atoms with Gasteiger partial charge < -0.3 is 14.5 Å². The van der Waals surface area contributed by atoms with E-state index in [4.69, 9.17) is 9.15 Å². The fourth-order valence-corrected chi connectivity index (χ4v) is 3.81. The molecule has 1 saturated heterocycles. The van der Waals surface area contributed by atoms with Crippen LogP contribution in [0.3, 0.4) is 0 Å². The molecule has 1 aliphatic carbocycles. The molecule has 128 valence electrons. The summed E-state index contributed by atoms with van der Waals surface area (Å²) in [4.78, 5) is 12.6. The van der Waals surface area contributed by atoms with Crippen molar-refractivity contribution in [2.24, 2.45) is 13.0 Å². The van der Waals surface area contributed by atoms with Crippen LogP contribution in [0.5, 0.6) is 0 Å². The molecular weight excluding hydrogens is 306 g/mol. The Hall–Kier alpha value is -2.08. The summed E-state index contributed by atoms with van der Waals surface area (Å²) in [7, 11) is 1.94. The number of nitrogens with one attached hydrogen (secondary N) is 1. The van der Waals surface area contributed by atoms with Gasteiger partial charge in [-0.3, -0.25) is 9.48 Å². The molecule has 24 heavy (non-hydrogen) atoms. The minimum atomic E-state index is -0.108. The van der Waals surface area contributed by atoms with Gasteiger partial charge in [0.15, 0.2) is 0 Å². The predicted octanol–water partition coefficient (Wildman–Crippen LogP) is 2.38. The van der Waals surface area contributed by atoms with Gasteiger partial charge in [0.1, 0.15) is 11.9 Å². The van der Waals surface area contributed by atoms with Crippen molar-refractivity contribution in [1.29, 1.82) is 0 Å². The molecule has 1 amide bonds. The third-order valence-electron chi connectivity index (χ3n) is 5.30. The number of aromatic nitrogens is 2. The number of hydrogen-bond acceptors (Lipinski definition) is 4. The number of amides is 1. The van der Waals surface area contributed by atoms with Crippen LogP contribution in [0.4, 0.5) is 0 Å². The van der Waals surface area contributed by atoms with Crippen LogP contribution in [-0.2, 0) is 16.6 Å². The van der Waals surface area contributed by atoms with Gasteiger partial charge in [-0.1, -0.05) is 0 Å². The van der Waals surface area contributed by atoms with Crippen LogP contribution in [0, 0.1) is 19.8 Å². The molecule has 6 nitrogen and oxygen atoms in total. The molecule has 1 saturated carbocycles. The minimum Gasteiger partial charge on any atom is -0.469 e. The van der Waals surface area contributed by atoms with Gasteiger partial charge in [0.2, 0.25) is 5.91 Å². The second-order valence-electron chi connectivity index (χ2n) is 6.87. The fourth-order valence-electron chi connectivity index (χ4n) is 3.81. The number of carbonyl (C=O) groups is 1. The van der Waals surface area contributed by atoms with E-state index in [1.54, 1.807) is 6.26 Å². The van der Waals surface area contributed by atoms with E-state index in [-0.39, 0.29) is 29.9 Å². The summed E-state index contributed by atoms with van der Waals surface area (Å²) in [5.41, 5.74) is 3.18. The Morgan fingerprint density at radius 1 is 1.42 bits per heavy atom. The normalized spacial score (nSPS) is 29.0. The lowest BCUT2D eigenvalue weighted by Crippen LogP contribution is -2.38. The number of hydrogen-bond donors (Lipinski definition) is 1. The number of aryl methyl sites for hydroxylation is 2. The molecule has 2 unspecified atom stereocenters. The van der Waals surface area contributed by atoms with E-state index >= 15 is 0 Å². The lowest BCUT2D eigenvalue weighted by Gasteiger charge is -2.20. The summed E-state index contributed by atoms with van der Waals surface area (Å²) >= 11 is 0. The zero-order valence-corrected chi connectivity index (χ0v) is 14.3. The summed E-state index contributed by atoms with van der Waals surface area (Å²) in [6.45, 7) is 4.70. The van der Waals surface area contributed by atoms with Crippen molar-refractivity contribution in [3.8, 4) is 0 Å². The van der Waals surface area contributed by atoms with E-state index in [1.165, 1.54) is 0 Å². The highest BCUT2D eigenvalue weighted by molar-refractivity contribution is 5.83. The predicted molar refractivity (Wildman–Crippen MR) is 87.5 cm³/mol. The highest BCUT2D eigenvalue weighted by Crippen LogP contribution is 2.48. The molecule has 1 N–H and O–H groups in total. The molecule has 2 aromatic rings. The van der Waals surface area contributed by atoms with Crippen molar-refractivity contribution in [2.75, 3.05) is 6.61 Å². The SMILES string of the molecule is Cc1nn(C)c(C)c1[C@H]1OCC[C@@H]1NC(=O)C1CC1c1ccco1. The molecule has 0 bridgehead atoms. The van der Waals surface area contributed by atoms with Crippen LogP contribution < -0.4 is 5.32 Å². The Kier molecular flexibility index (Phi) is 3.72. The second kappa shape index (κ2) is 5.77. The first-order valence-corrected chi connectivity index (χ1v) is 8.51. The Bertz CT molecular complexity index is 750. The van der Waals surface area contributed by atoms with Crippen molar-refractivity contribution in [3.05, 3.63) is 41.1 Å². The molecule has 1 aliphatic heterocycles. The zero-order valence-electron chi connectivity index (χ0n) is 14.3. The van der Waals surface area contributed by atoms with Crippen molar-refractivity contribution in [1.82, 2.24) is 15.1 Å². The number of furan rings is 1. The maximum Gasteiger partial charge on any atom is 0.224 e. The number of ether oxygens (including phenoxy) is 1. The van der Waals surface area contributed by atoms with Crippen LogP contribution >= 0.6 is 0 Å². The van der Waals surface area contributed by atoms with Gasteiger partial charge in [-0.05, 0) is 38.8 Å². The lowest BCUT2D eigenvalue weighted by molar-refractivity contribution is -0.123. The van der Waals surface area contributed by atoms with Crippen LogP contribution in [0.2, 0.25) is 0 Å². The van der Waals surface area contributed by atoms with Crippen LogP contribution in [0.15, 0.2) is 22.8 Å². The number of nitrogens with zero attached hydrogens (tertiary/aromatic N) is 2. The Morgan fingerprint density at radius 3 is 2.92 bits per heavy atom. The zero-order chi connectivity index (χ0) is 16.8. The summed E-state index contributed by atoms with van der Waals surface area (Å²) in [6.07, 6.45) is 3.26. The highest BCUT2D eigenvalue weighted by atomic mass is 16.5. The third kappa shape index (κ3) is 2.55. The molecule has 2 aliphatic rings. The van der Waals surface area contributed by atoms with Gasteiger partial charge in [0.25, 0.3) is 0 Å². The summed E-state index contributed by atoms with van der Waals surface area (Å²) < 4.78 is 13.2. The van der Waals surface area contributed by atoms with Crippen LogP contribution in [0.1, 0.15) is 47.6 Å². The Morgan fingerprint density at radius 2 is 2.25 bits per heavy atom. The van der Waals surface area contributed by atoms with Crippen LogP contribution in [-0.4, -0.2) is 28.3 Å². The summed E-state index contributed by atoms with van der Waals surface area (Å²) in [5, 5.41) is 7.68. The van der Waals surface area contributed by atoms with Gasteiger partial charge in [-0.25, -0.2) is 0 Å². The lowest BCUT2D eigenvalue weighted by atomic mass is 10.00. The van der Waals surface area contributed by atoms with Gasteiger partial charge in [0.05, 0.1) is 18.0 Å². The first-order valence-electron chi connectivity index (χ1n) is 8.51. The van der Waals surface area contributed by atoms with Gasteiger partial charge in [-0.2, -0.15) is 5.10 Å². The Balaban J connectivity index is 1.45. The molecule has 4 rings (SSSR count). The van der Waals surface area contributed by atoms with Crippen LogP contribution in [0.25, 0.3) is 0 Å². The topological polar surface area (TPSA) is 69.3 Å². The molecule has 3 heterocycles. The average Bonchev–Trinajstić information content (AvgIpc) is 2.86. The number of carbonyl (C=O) groups excluding carboxylic acids is 1. The average molecular weight is 329 g/mol. The third-order valence-corrected chi connectivity index (χ3v) is 5.30. The van der Waals surface area contributed by atoms with Gasteiger partial charge in [-0.15, -0.1) is 0 Å². The van der Waals surface area contributed by atoms with E-state index in [9.17, 15) is 4.79 Å². The first-order chi connectivity index (χ1) is 11.6. The highest BCUT2D eigenvalue weighted by Gasteiger charge is 2.47. The van der Waals surface area contributed by atoms with E-state index in [0.29, 0.717) is 6.61 Å². The van der Waals surface area contributed by atoms with Crippen molar-refractivity contribution >= 4 is 5.91 Å². The molecule has 0 radical (unpaired) electrons. The van der Waals surface area contributed by atoms with Gasteiger partial charge in [0, 0.05) is 36.7 Å². The maximum atomic E-state index is 12.6. The largest absolute Gasteiger partial charge is 0.469 e. The molecule has 4 atom stereocenters. The molecule has 2 fully saturated rings. The Labute approximate surface area is 141 Å². The second-order valence-corrected chi connectivity index (χ2v) is 6.87. The molecular formula is C18H23N3O3. The smallest absolute Gasteiger partial charge is 0.224 e. The quantitative estimate of drug-likeness (QED) is 0.935. The molecule has 6 heteroatoms. The van der Waals surface area contributed by atoms with E-state index < -0.39 is 0 Å². The van der Waals surface area contributed by atoms with Crippen molar-refractivity contribution in [2.45, 2.75) is 44.8 Å². The first kappa shape index (κ1) is 15.4. The monoisotopic (exact) mass is 329 g/mol. The number of rotatable bonds is 4.